The molecule has 4 aromatic rings. The largest absolute Gasteiger partial charge is 0.443 e. The summed E-state index contributed by atoms with van der Waals surface area (Å²) < 4.78 is 8.48. The molecule has 0 bridgehead atoms. The number of hydrogen-bond donors (Lipinski definition) is 1. The number of rotatable bonds is 6. The minimum atomic E-state index is -1.03. The fourth-order valence-electron chi connectivity index (χ4n) is 3.19. The second-order valence-corrected chi connectivity index (χ2v) is 7.61. The number of carbonyl (C=O) groups is 2. The number of nitrogens with one attached hydrogen (secondary N) is 1. The number of benzene rings is 2. The van der Waals surface area contributed by atoms with Gasteiger partial charge in [-0.05, 0) is 23.1 Å². The summed E-state index contributed by atoms with van der Waals surface area (Å²) in [5.74, 6) is -0.885. The maximum absolute atomic E-state index is 12.9. The Labute approximate surface area is 172 Å². The van der Waals surface area contributed by atoms with Gasteiger partial charge in [0.05, 0.1) is 10.2 Å². The Morgan fingerprint density at radius 3 is 2.41 bits per heavy atom. The van der Waals surface area contributed by atoms with Gasteiger partial charge < -0.3 is 14.6 Å². The number of thiophene rings is 1. The summed E-state index contributed by atoms with van der Waals surface area (Å²) >= 11 is 1.56. The van der Waals surface area contributed by atoms with Crippen LogP contribution in [0, 0.1) is 0 Å². The first kappa shape index (κ1) is 19.0. The zero-order valence-electron chi connectivity index (χ0n) is 15.9. The molecule has 29 heavy (non-hydrogen) atoms. The molecule has 4 rings (SSSR count). The molecule has 0 fully saturated rings. The summed E-state index contributed by atoms with van der Waals surface area (Å²) in [7, 11) is 1.82. The maximum Gasteiger partial charge on any atom is 0.356 e. The van der Waals surface area contributed by atoms with Gasteiger partial charge in [0.15, 0.2) is 0 Å². The van der Waals surface area contributed by atoms with Gasteiger partial charge in [-0.2, -0.15) is 0 Å². The van der Waals surface area contributed by atoms with Gasteiger partial charge in [-0.3, -0.25) is 4.79 Å². The van der Waals surface area contributed by atoms with E-state index in [4.69, 9.17) is 4.74 Å². The standard InChI is InChI=1S/C23H20N2O3S/c1-25-18-12-13-29-20(18)14-19(25)23(27)28-21(17-10-6-3-7-11-17)22(26)24-15-16-8-4-2-5-9-16/h2-14,21H,15H2,1H3,(H,24,26). The monoisotopic (exact) mass is 404 g/mol. The highest BCUT2D eigenvalue weighted by atomic mass is 32.1. The van der Waals surface area contributed by atoms with E-state index in [2.05, 4.69) is 5.32 Å². The molecule has 146 valence electrons. The van der Waals surface area contributed by atoms with E-state index in [1.165, 1.54) is 0 Å². The average molecular weight is 404 g/mol. The molecule has 2 aromatic carbocycles. The maximum atomic E-state index is 12.9. The first-order chi connectivity index (χ1) is 14.1. The number of aryl methyl sites for hydroxylation is 1. The number of fused-ring (bicyclic) bond motifs is 1. The van der Waals surface area contributed by atoms with Crippen molar-refractivity contribution in [3.63, 3.8) is 0 Å². The van der Waals surface area contributed by atoms with Crippen molar-refractivity contribution in [1.29, 1.82) is 0 Å². The minimum Gasteiger partial charge on any atom is -0.443 e. The van der Waals surface area contributed by atoms with E-state index in [1.807, 2.05) is 67.0 Å². The van der Waals surface area contributed by atoms with Gasteiger partial charge in [0.1, 0.15) is 5.69 Å². The third kappa shape index (κ3) is 4.07. The van der Waals surface area contributed by atoms with Crippen LogP contribution in [-0.2, 0) is 23.1 Å². The topological polar surface area (TPSA) is 60.3 Å². The lowest BCUT2D eigenvalue weighted by Gasteiger charge is -2.18. The Hall–Kier alpha value is -3.38. The van der Waals surface area contributed by atoms with Gasteiger partial charge in [0.2, 0.25) is 6.10 Å². The predicted molar refractivity (Wildman–Crippen MR) is 114 cm³/mol. The molecule has 1 N–H and O–H groups in total. The van der Waals surface area contributed by atoms with Crippen LogP contribution in [0.15, 0.2) is 78.2 Å². The molecule has 1 amide bonds. The first-order valence-corrected chi connectivity index (χ1v) is 10.1. The lowest BCUT2D eigenvalue weighted by Crippen LogP contribution is -2.32. The highest BCUT2D eigenvalue weighted by molar-refractivity contribution is 7.17. The molecule has 0 saturated heterocycles. The van der Waals surface area contributed by atoms with Crippen molar-refractivity contribution < 1.29 is 14.3 Å². The Bertz CT molecular complexity index is 1130. The molecule has 6 heteroatoms. The molecular weight excluding hydrogens is 384 g/mol. The number of ether oxygens (including phenoxy) is 1. The molecule has 0 spiro atoms. The lowest BCUT2D eigenvalue weighted by atomic mass is 10.1. The van der Waals surface area contributed by atoms with Gasteiger partial charge in [-0.25, -0.2) is 4.79 Å². The SMILES string of the molecule is Cn1c(C(=O)OC(C(=O)NCc2ccccc2)c2ccccc2)cc2sccc21. The zero-order valence-corrected chi connectivity index (χ0v) is 16.7. The second kappa shape index (κ2) is 8.32. The van der Waals surface area contributed by atoms with Crippen molar-refractivity contribution in [3.05, 3.63) is 95.0 Å². The molecule has 0 aliphatic carbocycles. The number of hydrogen-bond acceptors (Lipinski definition) is 4. The van der Waals surface area contributed by atoms with Crippen LogP contribution >= 0.6 is 11.3 Å². The first-order valence-electron chi connectivity index (χ1n) is 9.24. The van der Waals surface area contributed by atoms with Crippen LogP contribution in [-0.4, -0.2) is 16.4 Å². The zero-order chi connectivity index (χ0) is 20.2. The van der Waals surface area contributed by atoms with E-state index in [0.717, 1.165) is 15.8 Å². The Balaban J connectivity index is 1.55. The van der Waals surface area contributed by atoms with E-state index in [9.17, 15) is 9.59 Å². The molecule has 0 aliphatic rings. The van der Waals surface area contributed by atoms with Crippen molar-refractivity contribution >= 4 is 33.4 Å². The Morgan fingerprint density at radius 2 is 1.72 bits per heavy atom. The summed E-state index contributed by atoms with van der Waals surface area (Å²) in [5.41, 5.74) is 2.99. The number of aromatic nitrogens is 1. The van der Waals surface area contributed by atoms with Crippen LogP contribution in [0.25, 0.3) is 10.2 Å². The quantitative estimate of drug-likeness (QED) is 0.483. The van der Waals surface area contributed by atoms with Crippen molar-refractivity contribution in [2.24, 2.45) is 7.05 Å². The van der Waals surface area contributed by atoms with Gasteiger partial charge >= 0.3 is 5.97 Å². The van der Waals surface area contributed by atoms with Crippen molar-refractivity contribution in [2.45, 2.75) is 12.6 Å². The summed E-state index contributed by atoms with van der Waals surface area (Å²) in [6.07, 6.45) is -1.03. The second-order valence-electron chi connectivity index (χ2n) is 6.66. The van der Waals surface area contributed by atoms with Crippen LogP contribution < -0.4 is 5.32 Å². The third-order valence-corrected chi connectivity index (χ3v) is 5.60. The molecule has 2 heterocycles. The normalized spacial score (nSPS) is 11.9. The fourth-order valence-corrected chi connectivity index (χ4v) is 4.04. The summed E-state index contributed by atoms with van der Waals surface area (Å²) in [4.78, 5) is 25.8. The van der Waals surface area contributed by atoms with Crippen molar-refractivity contribution in [3.8, 4) is 0 Å². The summed E-state index contributed by atoms with van der Waals surface area (Å²) in [6.45, 7) is 0.362. The average Bonchev–Trinajstić information content (AvgIpc) is 3.34. The van der Waals surface area contributed by atoms with E-state index < -0.39 is 12.1 Å². The molecule has 0 saturated carbocycles. The number of carbonyl (C=O) groups excluding carboxylic acids is 2. The number of amides is 1. The van der Waals surface area contributed by atoms with E-state index in [0.29, 0.717) is 17.8 Å². The molecule has 1 atom stereocenters. The van der Waals surface area contributed by atoms with Crippen molar-refractivity contribution in [2.75, 3.05) is 0 Å². The third-order valence-electron chi connectivity index (χ3n) is 4.75. The molecule has 5 nitrogen and oxygen atoms in total. The number of nitrogens with zero attached hydrogens (tertiary/aromatic N) is 1. The van der Waals surface area contributed by atoms with Crippen LogP contribution in [0.4, 0.5) is 0 Å². The van der Waals surface area contributed by atoms with E-state index in [-0.39, 0.29) is 5.91 Å². The van der Waals surface area contributed by atoms with Gasteiger partial charge in [0.25, 0.3) is 5.91 Å². The van der Waals surface area contributed by atoms with E-state index >= 15 is 0 Å². The van der Waals surface area contributed by atoms with Gasteiger partial charge in [-0.15, -0.1) is 11.3 Å². The van der Waals surface area contributed by atoms with Crippen LogP contribution in [0.2, 0.25) is 0 Å². The Kier molecular flexibility index (Phi) is 5.44. The summed E-state index contributed by atoms with van der Waals surface area (Å²) in [5, 5.41) is 4.85. The van der Waals surface area contributed by atoms with Gasteiger partial charge in [-0.1, -0.05) is 60.7 Å². The van der Waals surface area contributed by atoms with Crippen LogP contribution in [0.1, 0.15) is 27.7 Å². The molecule has 2 aromatic heterocycles. The van der Waals surface area contributed by atoms with E-state index in [1.54, 1.807) is 34.1 Å². The highest BCUT2D eigenvalue weighted by Crippen LogP contribution is 2.26. The summed E-state index contributed by atoms with van der Waals surface area (Å²) in [6, 6.07) is 22.4. The van der Waals surface area contributed by atoms with Gasteiger partial charge in [0, 0.05) is 19.2 Å². The lowest BCUT2D eigenvalue weighted by molar-refractivity contribution is -0.130. The predicted octanol–water partition coefficient (Wildman–Crippen LogP) is 4.45. The fraction of sp³-hybridized carbons (Fsp3) is 0.130. The Morgan fingerprint density at radius 1 is 1.03 bits per heavy atom. The number of esters is 1. The highest BCUT2D eigenvalue weighted by Gasteiger charge is 2.27. The molecular formula is C23H20N2O3S. The van der Waals surface area contributed by atoms with Crippen LogP contribution in [0.3, 0.4) is 0 Å². The van der Waals surface area contributed by atoms with Crippen molar-refractivity contribution in [1.82, 2.24) is 9.88 Å². The molecule has 0 radical (unpaired) electrons. The smallest absolute Gasteiger partial charge is 0.356 e. The molecule has 0 aliphatic heterocycles. The molecule has 1 unspecified atom stereocenters. The minimum absolute atomic E-state index is 0.357. The van der Waals surface area contributed by atoms with Crippen LogP contribution in [0.5, 0.6) is 0 Å².